The number of hydrogen-bond donors (Lipinski definition) is 1. The third-order valence-electron chi connectivity index (χ3n) is 2.25. The predicted octanol–water partition coefficient (Wildman–Crippen LogP) is 0.447. The molecule has 5 nitrogen and oxygen atoms in total. The van der Waals surface area contributed by atoms with Gasteiger partial charge in [-0.2, -0.15) is 4.31 Å². The van der Waals surface area contributed by atoms with E-state index in [4.69, 9.17) is 9.84 Å². The van der Waals surface area contributed by atoms with Gasteiger partial charge in [-0.05, 0) is 18.2 Å². The second kappa shape index (κ2) is 5.44. The maximum Gasteiger partial charge on any atom is 0.243 e. The Bertz CT molecular complexity index is 489. The van der Waals surface area contributed by atoms with Crippen LogP contribution in [0.1, 0.15) is 0 Å². The molecule has 0 saturated carbocycles. The standard InChI is InChI=1S/C10H14FNO4S/c1-12(5-6-13)17(14,15)8-3-4-10(16-2)9(11)7-8/h3-4,7,13H,5-6H2,1-2H3. The molecular weight excluding hydrogens is 249 g/mol. The molecular formula is C10H14FNO4S. The maximum absolute atomic E-state index is 13.4. The number of likely N-dealkylation sites (N-methyl/N-ethyl adjacent to an activating group) is 1. The van der Waals surface area contributed by atoms with E-state index in [0.717, 1.165) is 10.4 Å². The van der Waals surface area contributed by atoms with E-state index in [1.807, 2.05) is 0 Å². The van der Waals surface area contributed by atoms with Crippen LogP contribution in [-0.4, -0.2) is 45.1 Å². The fraction of sp³-hybridized carbons (Fsp3) is 0.400. The van der Waals surface area contributed by atoms with Crippen molar-refractivity contribution in [3.05, 3.63) is 24.0 Å². The first-order valence-corrected chi connectivity index (χ1v) is 6.28. The molecule has 7 heteroatoms. The van der Waals surface area contributed by atoms with Crippen LogP contribution < -0.4 is 4.74 Å². The van der Waals surface area contributed by atoms with Gasteiger partial charge >= 0.3 is 0 Å². The highest BCUT2D eigenvalue weighted by Crippen LogP contribution is 2.22. The minimum absolute atomic E-state index is 0.0197. The summed E-state index contributed by atoms with van der Waals surface area (Å²) in [5, 5.41) is 8.68. The van der Waals surface area contributed by atoms with E-state index in [1.54, 1.807) is 0 Å². The third kappa shape index (κ3) is 2.93. The Balaban J connectivity index is 3.12. The van der Waals surface area contributed by atoms with Crippen molar-refractivity contribution in [2.24, 2.45) is 0 Å². The molecule has 0 atom stereocenters. The quantitative estimate of drug-likeness (QED) is 0.837. The van der Waals surface area contributed by atoms with Crippen LogP contribution in [0.5, 0.6) is 5.75 Å². The van der Waals surface area contributed by atoms with Crippen LogP contribution in [0.25, 0.3) is 0 Å². The van der Waals surface area contributed by atoms with Crippen molar-refractivity contribution in [1.29, 1.82) is 0 Å². The van der Waals surface area contributed by atoms with E-state index >= 15 is 0 Å². The molecule has 0 unspecified atom stereocenters. The summed E-state index contributed by atoms with van der Waals surface area (Å²) < 4.78 is 42.8. The lowest BCUT2D eigenvalue weighted by molar-refractivity contribution is 0.266. The van der Waals surface area contributed by atoms with Gasteiger partial charge in [0.1, 0.15) is 0 Å². The first-order chi connectivity index (χ1) is 7.93. The number of ether oxygens (including phenoxy) is 1. The lowest BCUT2D eigenvalue weighted by Crippen LogP contribution is -2.29. The van der Waals surface area contributed by atoms with E-state index < -0.39 is 15.8 Å². The van der Waals surface area contributed by atoms with Gasteiger partial charge in [0.2, 0.25) is 10.0 Å². The number of aliphatic hydroxyl groups excluding tert-OH is 1. The average molecular weight is 263 g/mol. The van der Waals surface area contributed by atoms with E-state index in [1.165, 1.54) is 26.3 Å². The number of rotatable bonds is 5. The lowest BCUT2D eigenvalue weighted by atomic mass is 10.3. The van der Waals surface area contributed by atoms with Gasteiger partial charge in [0, 0.05) is 13.6 Å². The minimum atomic E-state index is -3.77. The molecule has 96 valence electrons. The van der Waals surface area contributed by atoms with Gasteiger partial charge in [0.05, 0.1) is 18.6 Å². The Morgan fingerprint density at radius 1 is 1.47 bits per heavy atom. The van der Waals surface area contributed by atoms with Crippen LogP contribution in [0.4, 0.5) is 4.39 Å². The molecule has 0 aliphatic carbocycles. The van der Waals surface area contributed by atoms with Gasteiger partial charge in [-0.3, -0.25) is 0 Å². The van der Waals surface area contributed by atoms with Crippen LogP contribution in [0.2, 0.25) is 0 Å². The Labute approximate surface area is 99.5 Å². The molecule has 1 rings (SSSR count). The number of aliphatic hydroxyl groups is 1. The molecule has 0 aliphatic heterocycles. The molecule has 0 spiro atoms. The number of benzene rings is 1. The summed E-state index contributed by atoms with van der Waals surface area (Å²) in [5.41, 5.74) is 0. The molecule has 0 radical (unpaired) electrons. The maximum atomic E-state index is 13.4. The van der Waals surface area contributed by atoms with Crippen LogP contribution in [0.3, 0.4) is 0 Å². The van der Waals surface area contributed by atoms with Crippen molar-refractivity contribution >= 4 is 10.0 Å². The lowest BCUT2D eigenvalue weighted by Gasteiger charge is -2.16. The molecule has 0 saturated heterocycles. The molecule has 0 amide bonds. The monoisotopic (exact) mass is 263 g/mol. The van der Waals surface area contributed by atoms with Crippen LogP contribution in [0.15, 0.2) is 23.1 Å². The summed E-state index contributed by atoms with van der Waals surface area (Å²) in [6, 6.07) is 3.39. The predicted molar refractivity (Wildman–Crippen MR) is 59.9 cm³/mol. The Kier molecular flexibility index (Phi) is 4.44. The Hall–Kier alpha value is -1.18. The molecule has 0 aromatic heterocycles. The zero-order valence-corrected chi connectivity index (χ0v) is 10.4. The smallest absolute Gasteiger partial charge is 0.243 e. The zero-order chi connectivity index (χ0) is 13.1. The average Bonchev–Trinajstić information content (AvgIpc) is 2.29. The fourth-order valence-corrected chi connectivity index (χ4v) is 2.42. The van der Waals surface area contributed by atoms with Gasteiger partial charge in [-0.25, -0.2) is 12.8 Å². The number of halogens is 1. The van der Waals surface area contributed by atoms with E-state index in [0.29, 0.717) is 0 Å². The number of hydrogen-bond acceptors (Lipinski definition) is 4. The van der Waals surface area contributed by atoms with Crippen LogP contribution in [0, 0.1) is 5.82 Å². The third-order valence-corrected chi connectivity index (χ3v) is 4.10. The van der Waals surface area contributed by atoms with Crippen molar-refractivity contribution < 1.29 is 22.7 Å². The highest BCUT2D eigenvalue weighted by molar-refractivity contribution is 7.89. The molecule has 1 aromatic rings. The van der Waals surface area contributed by atoms with E-state index in [2.05, 4.69) is 0 Å². The molecule has 1 N–H and O–H groups in total. The van der Waals surface area contributed by atoms with Crippen molar-refractivity contribution in [3.63, 3.8) is 0 Å². The highest BCUT2D eigenvalue weighted by atomic mass is 32.2. The van der Waals surface area contributed by atoms with Gasteiger partial charge in [-0.1, -0.05) is 0 Å². The number of methoxy groups -OCH3 is 1. The number of nitrogens with zero attached hydrogens (tertiary/aromatic N) is 1. The normalized spacial score (nSPS) is 11.8. The van der Waals surface area contributed by atoms with Gasteiger partial charge < -0.3 is 9.84 Å². The first-order valence-electron chi connectivity index (χ1n) is 4.84. The van der Waals surface area contributed by atoms with Crippen molar-refractivity contribution in [2.75, 3.05) is 27.3 Å². The highest BCUT2D eigenvalue weighted by Gasteiger charge is 2.21. The minimum Gasteiger partial charge on any atom is -0.494 e. The summed E-state index contributed by atoms with van der Waals surface area (Å²) >= 11 is 0. The zero-order valence-electron chi connectivity index (χ0n) is 9.55. The summed E-state index contributed by atoms with van der Waals surface area (Å²) in [5.74, 6) is -0.764. The topological polar surface area (TPSA) is 66.8 Å². The van der Waals surface area contributed by atoms with Gasteiger partial charge in [0.15, 0.2) is 11.6 Å². The molecule has 0 bridgehead atoms. The molecule has 1 aromatic carbocycles. The van der Waals surface area contributed by atoms with Crippen molar-refractivity contribution in [3.8, 4) is 5.75 Å². The van der Waals surface area contributed by atoms with Crippen molar-refractivity contribution in [2.45, 2.75) is 4.90 Å². The van der Waals surface area contributed by atoms with Crippen molar-refractivity contribution in [1.82, 2.24) is 4.31 Å². The molecule has 0 aliphatic rings. The first kappa shape index (κ1) is 13.9. The van der Waals surface area contributed by atoms with E-state index in [-0.39, 0.29) is 23.8 Å². The second-order valence-corrected chi connectivity index (χ2v) is 5.39. The fourth-order valence-electron chi connectivity index (χ4n) is 1.25. The van der Waals surface area contributed by atoms with Crippen LogP contribution in [-0.2, 0) is 10.0 Å². The SMILES string of the molecule is COc1ccc(S(=O)(=O)N(C)CCO)cc1F. The Morgan fingerprint density at radius 3 is 2.59 bits per heavy atom. The molecule has 0 fully saturated rings. The Morgan fingerprint density at radius 2 is 2.12 bits per heavy atom. The summed E-state index contributed by atoms with van der Waals surface area (Å²) in [7, 11) is -1.16. The van der Waals surface area contributed by atoms with Gasteiger partial charge in [0.25, 0.3) is 0 Å². The second-order valence-electron chi connectivity index (χ2n) is 3.35. The summed E-state index contributed by atoms with van der Waals surface area (Å²) in [4.78, 5) is -0.174. The van der Waals surface area contributed by atoms with Crippen LogP contribution >= 0.6 is 0 Å². The summed E-state index contributed by atoms with van der Waals surface area (Å²) in [6.45, 7) is -0.343. The molecule has 0 heterocycles. The summed E-state index contributed by atoms with van der Waals surface area (Å²) in [6.07, 6.45) is 0. The number of sulfonamides is 1. The van der Waals surface area contributed by atoms with E-state index in [9.17, 15) is 12.8 Å². The largest absolute Gasteiger partial charge is 0.494 e. The van der Waals surface area contributed by atoms with Gasteiger partial charge in [-0.15, -0.1) is 0 Å². The molecule has 17 heavy (non-hydrogen) atoms.